The SMILES string of the molecule is CCCCCCCCCCCCCC(C)(O)CCCO. The average molecular weight is 286 g/mol. The Morgan fingerprint density at radius 3 is 1.50 bits per heavy atom. The molecule has 0 bridgehead atoms. The van der Waals surface area contributed by atoms with E-state index >= 15 is 0 Å². The van der Waals surface area contributed by atoms with Crippen LogP contribution in [0.5, 0.6) is 0 Å². The molecule has 2 heteroatoms. The van der Waals surface area contributed by atoms with Crippen LogP contribution in [0.3, 0.4) is 0 Å². The van der Waals surface area contributed by atoms with Gasteiger partial charge in [-0.05, 0) is 26.2 Å². The summed E-state index contributed by atoms with van der Waals surface area (Å²) in [4.78, 5) is 0. The molecular formula is C18H38O2. The zero-order chi connectivity index (χ0) is 15.1. The fraction of sp³-hybridized carbons (Fsp3) is 1.00. The van der Waals surface area contributed by atoms with Crippen molar-refractivity contribution in [1.29, 1.82) is 0 Å². The number of hydrogen-bond acceptors (Lipinski definition) is 2. The third kappa shape index (κ3) is 14.3. The Morgan fingerprint density at radius 2 is 1.05 bits per heavy atom. The van der Waals surface area contributed by atoms with Gasteiger partial charge in [0.05, 0.1) is 5.60 Å². The molecule has 122 valence electrons. The quantitative estimate of drug-likeness (QED) is 0.406. The Hall–Kier alpha value is -0.0800. The summed E-state index contributed by atoms with van der Waals surface area (Å²) >= 11 is 0. The Labute approximate surface area is 127 Å². The largest absolute Gasteiger partial charge is 0.396 e. The highest BCUT2D eigenvalue weighted by molar-refractivity contribution is 4.72. The molecule has 0 aromatic rings. The normalized spacial score (nSPS) is 14.4. The third-order valence-electron chi connectivity index (χ3n) is 4.19. The molecular weight excluding hydrogens is 248 g/mol. The van der Waals surface area contributed by atoms with Gasteiger partial charge in [0.2, 0.25) is 0 Å². The maximum absolute atomic E-state index is 10.1. The van der Waals surface area contributed by atoms with Crippen molar-refractivity contribution in [3.05, 3.63) is 0 Å². The van der Waals surface area contributed by atoms with Crippen LogP contribution in [-0.4, -0.2) is 22.4 Å². The van der Waals surface area contributed by atoms with Crippen molar-refractivity contribution in [3.63, 3.8) is 0 Å². The van der Waals surface area contributed by atoms with E-state index in [9.17, 15) is 5.11 Å². The molecule has 20 heavy (non-hydrogen) atoms. The van der Waals surface area contributed by atoms with Crippen LogP contribution in [0.25, 0.3) is 0 Å². The van der Waals surface area contributed by atoms with Crippen LogP contribution in [0, 0.1) is 0 Å². The molecule has 0 radical (unpaired) electrons. The summed E-state index contributed by atoms with van der Waals surface area (Å²) in [6.07, 6.45) is 17.1. The predicted molar refractivity (Wildman–Crippen MR) is 88.0 cm³/mol. The molecule has 0 aliphatic rings. The van der Waals surface area contributed by atoms with Gasteiger partial charge in [-0.2, -0.15) is 0 Å². The molecule has 0 aliphatic carbocycles. The first-order valence-corrected chi connectivity index (χ1v) is 8.95. The van der Waals surface area contributed by atoms with Crippen LogP contribution in [0.1, 0.15) is 104 Å². The first kappa shape index (κ1) is 19.9. The van der Waals surface area contributed by atoms with Gasteiger partial charge in [-0.1, -0.05) is 77.6 Å². The maximum Gasteiger partial charge on any atom is 0.0620 e. The van der Waals surface area contributed by atoms with Gasteiger partial charge in [0.1, 0.15) is 0 Å². The summed E-state index contributed by atoms with van der Waals surface area (Å²) in [5, 5.41) is 18.9. The van der Waals surface area contributed by atoms with Crippen molar-refractivity contribution in [1.82, 2.24) is 0 Å². The van der Waals surface area contributed by atoms with E-state index in [0.717, 1.165) is 19.3 Å². The number of aliphatic hydroxyl groups excluding tert-OH is 1. The molecule has 0 fully saturated rings. The molecule has 1 atom stereocenters. The van der Waals surface area contributed by atoms with Gasteiger partial charge in [-0.3, -0.25) is 0 Å². The van der Waals surface area contributed by atoms with E-state index < -0.39 is 5.60 Å². The molecule has 0 saturated carbocycles. The number of unbranched alkanes of at least 4 members (excludes halogenated alkanes) is 10. The Morgan fingerprint density at radius 1 is 0.650 bits per heavy atom. The third-order valence-corrected chi connectivity index (χ3v) is 4.19. The highest BCUT2D eigenvalue weighted by Crippen LogP contribution is 2.20. The van der Waals surface area contributed by atoms with Crippen LogP contribution in [0.2, 0.25) is 0 Å². The summed E-state index contributed by atoms with van der Waals surface area (Å²) in [6, 6.07) is 0. The number of hydrogen-bond donors (Lipinski definition) is 2. The molecule has 0 heterocycles. The Bertz CT molecular complexity index is 190. The average Bonchev–Trinajstić information content (AvgIpc) is 2.42. The highest BCUT2D eigenvalue weighted by atomic mass is 16.3. The van der Waals surface area contributed by atoms with Crippen molar-refractivity contribution in [2.45, 2.75) is 109 Å². The minimum atomic E-state index is -0.567. The number of aliphatic hydroxyl groups is 2. The van der Waals surface area contributed by atoms with Crippen LogP contribution < -0.4 is 0 Å². The lowest BCUT2D eigenvalue weighted by atomic mass is 9.93. The second-order valence-electron chi connectivity index (χ2n) is 6.61. The first-order chi connectivity index (χ1) is 9.62. The minimum Gasteiger partial charge on any atom is -0.396 e. The second-order valence-corrected chi connectivity index (χ2v) is 6.61. The summed E-state index contributed by atoms with van der Waals surface area (Å²) in [7, 11) is 0. The van der Waals surface area contributed by atoms with Gasteiger partial charge in [0, 0.05) is 6.61 Å². The summed E-state index contributed by atoms with van der Waals surface area (Å²) in [6.45, 7) is 4.36. The van der Waals surface area contributed by atoms with Crippen molar-refractivity contribution in [3.8, 4) is 0 Å². The minimum absolute atomic E-state index is 0.189. The second kappa shape index (κ2) is 13.9. The van der Waals surface area contributed by atoms with E-state index in [1.807, 2.05) is 6.92 Å². The van der Waals surface area contributed by atoms with Gasteiger partial charge < -0.3 is 10.2 Å². The topological polar surface area (TPSA) is 40.5 Å². The lowest BCUT2D eigenvalue weighted by molar-refractivity contribution is 0.0326. The fourth-order valence-corrected chi connectivity index (χ4v) is 2.75. The molecule has 0 amide bonds. The van der Waals surface area contributed by atoms with Gasteiger partial charge >= 0.3 is 0 Å². The van der Waals surface area contributed by atoms with E-state index in [1.165, 1.54) is 64.2 Å². The molecule has 0 aromatic heterocycles. The fourth-order valence-electron chi connectivity index (χ4n) is 2.75. The monoisotopic (exact) mass is 286 g/mol. The summed E-state index contributed by atoms with van der Waals surface area (Å²) in [5.41, 5.74) is -0.567. The van der Waals surface area contributed by atoms with E-state index in [2.05, 4.69) is 6.92 Å². The lowest BCUT2D eigenvalue weighted by Crippen LogP contribution is -2.24. The molecule has 0 spiro atoms. The molecule has 0 aromatic carbocycles. The van der Waals surface area contributed by atoms with E-state index in [4.69, 9.17) is 5.11 Å². The van der Waals surface area contributed by atoms with Gasteiger partial charge in [-0.15, -0.1) is 0 Å². The maximum atomic E-state index is 10.1. The van der Waals surface area contributed by atoms with Gasteiger partial charge in [0.15, 0.2) is 0 Å². The highest BCUT2D eigenvalue weighted by Gasteiger charge is 2.18. The van der Waals surface area contributed by atoms with Crippen LogP contribution in [-0.2, 0) is 0 Å². The molecule has 0 aliphatic heterocycles. The predicted octanol–water partition coefficient (Wildman–Crippen LogP) is 5.21. The van der Waals surface area contributed by atoms with Crippen molar-refractivity contribution >= 4 is 0 Å². The Balaban J connectivity index is 3.20. The van der Waals surface area contributed by atoms with Gasteiger partial charge in [0.25, 0.3) is 0 Å². The standard InChI is InChI=1S/C18H38O2/c1-3-4-5-6-7-8-9-10-11-12-13-15-18(2,20)16-14-17-19/h19-20H,3-17H2,1-2H3. The molecule has 2 N–H and O–H groups in total. The molecule has 1 unspecified atom stereocenters. The van der Waals surface area contributed by atoms with E-state index in [0.29, 0.717) is 6.42 Å². The van der Waals surface area contributed by atoms with Crippen LogP contribution in [0.15, 0.2) is 0 Å². The first-order valence-electron chi connectivity index (χ1n) is 8.95. The molecule has 0 rings (SSSR count). The lowest BCUT2D eigenvalue weighted by Gasteiger charge is -2.22. The van der Waals surface area contributed by atoms with Crippen molar-refractivity contribution < 1.29 is 10.2 Å². The van der Waals surface area contributed by atoms with Crippen molar-refractivity contribution in [2.24, 2.45) is 0 Å². The van der Waals surface area contributed by atoms with E-state index in [-0.39, 0.29) is 6.61 Å². The zero-order valence-corrected chi connectivity index (χ0v) is 14.0. The van der Waals surface area contributed by atoms with Crippen LogP contribution >= 0.6 is 0 Å². The zero-order valence-electron chi connectivity index (χ0n) is 14.0. The molecule has 2 nitrogen and oxygen atoms in total. The smallest absolute Gasteiger partial charge is 0.0620 e. The summed E-state index contributed by atoms with van der Waals surface area (Å²) < 4.78 is 0. The molecule has 0 saturated heterocycles. The van der Waals surface area contributed by atoms with Gasteiger partial charge in [-0.25, -0.2) is 0 Å². The summed E-state index contributed by atoms with van der Waals surface area (Å²) in [5.74, 6) is 0. The van der Waals surface area contributed by atoms with E-state index in [1.54, 1.807) is 0 Å². The Kier molecular flexibility index (Phi) is 13.8. The van der Waals surface area contributed by atoms with Crippen molar-refractivity contribution in [2.75, 3.05) is 6.61 Å². The number of rotatable bonds is 15. The van der Waals surface area contributed by atoms with Crippen LogP contribution in [0.4, 0.5) is 0 Å².